The molecule has 20 heavy (non-hydrogen) atoms. The number of hydrogen-bond acceptors (Lipinski definition) is 2. The zero-order valence-corrected chi connectivity index (χ0v) is 13.0. The van der Waals surface area contributed by atoms with Crippen LogP contribution in [0.15, 0.2) is 30.6 Å². The van der Waals surface area contributed by atoms with E-state index in [2.05, 4.69) is 60.9 Å². The van der Waals surface area contributed by atoms with Crippen LogP contribution in [0.3, 0.4) is 0 Å². The Morgan fingerprint density at radius 1 is 1.15 bits per heavy atom. The minimum atomic E-state index is 0.433. The third-order valence-electron chi connectivity index (χ3n) is 3.61. The van der Waals surface area contributed by atoms with Crippen molar-refractivity contribution in [1.29, 1.82) is 0 Å². The minimum absolute atomic E-state index is 0.433. The van der Waals surface area contributed by atoms with Gasteiger partial charge in [0.05, 0.1) is 0 Å². The van der Waals surface area contributed by atoms with Gasteiger partial charge < -0.3 is 9.88 Å². The summed E-state index contributed by atoms with van der Waals surface area (Å²) in [5.41, 5.74) is 4.09. The van der Waals surface area contributed by atoms with Gasteiger partial charge in [-0.2, -0.15) is 0 Å². The van der Waals surface area contributed by atoms with Crippen LogP contribution in [0.2, 0.25) is 0 Å². The van der Waals surface area contributed by atoms with Crippen molar-refractivity contribution in [3.05, 3.63) is 53.1 Å². The van der Waals surface area contributed by atoms with Crippen LogP contribution in [0.1, 0.15) is 29.4 Å². The number of aromatic nitrogens is 2. The zero-order chi connectivity index (χ0) is 14.5. The summed E-state index contributed by atoms with van der Waals surface area (Å²) in [4.78, 5) is 4.44. The second-order valence-corrected chi connectivity index (χ2v) is 5.61. The van der Waals surface area contributed by atoms with Gasteiger partial charge in [-0.15, -0.1) is 0 Å². The van der Waals surface area contributed by atoms with Crippen molar-refractivity contribution in [2.24, 2.45) is 7.05 Å². The molecule has 0 aliphatic rings. The van der Waals surface area contributed by atoms with Crippen LogP contribution in [0, 0.1) is 13.8 Å². The number of hydrogen-bond donors (Lipinski definition) is 1. The maximum atomic E-state index is 4.44. The van der Waals surface area contributed by atoms with Gasteiger partial charge in [0.25, 0.3) is 0 Å². The quantitative estimate of drug-likeness (QED) is 0.875. The van der Waals surface area contributed by atoms with E-state index >= 15 is 0 Å². The highest BCUT2D eigenvalue weighted by molar-refractivity contribution is 5.29. The first-order valence-corrected chi connectivity index (χ1v) is 7.35. The molecule has 2 aromatic rings. The van der Waals surface area contributed by atoms with Crippen molar-refractivity contribution >= 4 is 0 Å². The highest BCUT2D eigenvalue weighted by atomic mass is 15.0. The SMILES string of the molecule is CCNC(Cc1cc(C)cc(C)c1)Cc1nccn1C. The fourth-order valence-electron chi connectivity index (χ4n) is 2.79. The number of aryl methyl sites for hydroxylation is 3. The molecule has 0 bridgehead atoms. The molecule has 1 N–H and O–H groups in total. The van der Waals surface area contributed by atoms with Gasteiger partial charge in [0.2, 0.25) is 0 Å². The molecule has 1 unspecified atom stereocenters. The average molecular weight is 271 g/mol. The lowest BCUT2D eigenvalue weighted by atomic mass is 9.99. The Balaban J connectivity index is 2.10. The Morgan fingerprint density at radius 2 is 1.85 bits per heavy atom. The molecule has 3 heteroatoms. The lowest BCUT2D eigenvalue weighted by molar-refractivity contribution is 0.504. The van der Waals surface area contributed by atoms with Crippen LogP contribution < -0.4 is 5.32 Å². The molecule has 1 heterocycles. The Hall–Kier alpha value is -1.61. The third-order valence-corrected chi connectivity index (χ3v) is 3.61. The van der Waals surface area contributed by atoms with Gasteiger partial charge in [-0.05, 0) is 32.4 Å². The molecule has 1 aromatic heterocycles. The number of likely N-dealkylation sites (N-methyl/N-ethyl adjacent to an activating group) is 1. The summed E-state index contributed by atoms with van der Waals surface area (Å²) < 4.78 is 2.10. The van der Waals surface area contributed by atoms with Gasteiger partial charge in [0, 0.05) is 31.9 Å². The predicted octanol–water partition coefficient (Wildman–Crippen LogP) is 2.80. The Labute approximate surface area is 122 Å². The molecule has 0 saturated heterocycles. The van der Waals surface area contributed by atoms with Gasteiger partial charge in [-0.25, -0.2) is 4.98 Å². The van der Waals surface area contributed by atoms with E-state index < -0.39 is 0 Å². The summed E-state index contributed by atoms with van der Waals surface area (Å²) >= 11 is 0. The standard InChI is InChI=1S/C17H25N3/c1-5-18-16(12-17-19-6-7-20(17)4)11-15-9-13(2)8-14(3)10-15/h6-10,16,18H,5,11-12H2,1-4H3. The van der Waals surface area contributed by atoms with Crippen molar-refractivity contribution in [3.63, 3.8) is 0 Å². The molecule has 3 nitrogen and oxygen atoms in total. The summed E-state index contributed by atoms with van der Waals surface area (Å²) in [6.07, 6.45) is 5.89. The Kier molecular flexibility index (Phi) is 4.96. The Bertz CT molecular complexity index is 537. The van der Waals surface area contributed by atoms with Crippen molar-refractivity contribution in [1.82, 2.24) is 14.9 Å². The van der Waals surface area contributed by atoms with Crippen LogP contribution >= 0.6 is 0 Å². The van der Waals surface area contributed by atoms with E-state index in [1.165, 1.54) is 16.7 Å². The van der Waals surface area contributed by atoms with Gasteiger partial charge in [0.15, 0.2) is 0 Å². The molecule has 0 saturated carbocycles. The number of rotatable bonds is 6. The first-order chi connectivity index (χ1) is 9.58. The van der Waals surface area contributed by atoms with E-state index in [9.17, 15) is 0 Å². The molecule has 0 amide bonds. The summed E-state index contributed by atoms with van der Waals surface area (Å²) in [6, 6.07) is 7.23. The number of benzene rings is 1. The lowest BCUT2D eigenvalue weighted by Crippen LogP contribution is -2.33. The molecule has 0 aliphatic heterocycles. The zero-order valence-electron chi connectivity index (χ0n) is 13.0. The third kappa shape index (κ3) is 3.94. The van der Waals surface area contributed by atoms with Gasteiger partial charge in [-0.1, -0.05) is 36.2 Å². The first kappa shape index (κ1) is 14.8. The second-order valence-electron chi connectivity index (χ2n) is 5.61. The van der Waals surface area contributed by atoms with E-state index in [0.29, 0.717) is 6.04 Å². The smallest absolute Gasteiger partial charge is 0.109 e. The van der Waals surface area contributed by atoms with Crippen LogP contribution in [0.5, 0.6) is 0 Å². The molecule has 1 aromatic carbocycles. The fraction of sp³-hybridized carbons (Fsp3) is 0.471. The van der Waals surface area contributed by atoms with Gasteiger partial charge in [-0.3, -0.25) is 0 Å². The molecule has 0 aliphatic carbocycles. The molecule has 0 spiro atoms. The molecule has 1 atom stereocenters. The maximum Gasteiger partial charge on any atom is 0.109 e. The van der Waals surface area contributed by atoms with Crippen LogP contribution in [-0.4, -0.2) is 22.1 Å². The second kappa shape index (κ2) is 6.71. The van der Waals surface area contributed by atoms with E-state index in [1.54, 1.807) is 0 Å². The van der Waals surface area contributed by atoms with E-state index in [0.717, 1.165) is 25.2 Å². The normalized spacial score (nSPS) is 12.6. The summed E-state index contributed by atoms with van der Waals surface area (Å²) in [6.45, 7) is 7.47. The van der Waals surface area contributed by atoms with Gasteiger partial charge >= 0.3 is 0 Å². The van der Waals surface area contributed by atoms with Crippen LogP contribution in [0.4, 0.5) is 0 Å². The number of nitrogens with one attached hydrogen (secondary N) is 1. The molecule has 2 rings (SSSR count). The monoisotopic (exact) mass is 271 g/mol. The molecule has 0 radical (unpaired) electrons. The average Bonchev–Trinajstić information content (AvgIpc) is 2.74. The largest absolute Gasteiger partial charge is 0.338 e. The maximum absolute atomic E-state index is 4.44. The van der Waals surface area contributed by atoms with Crippen LogP contribution in [-0.2, 0) is 19.9 Å². The Morgan fingerprint density at radius 3 is 2.40 bits per heavy atom. The number of nitrogens with zero attached hydrogens (tertiary/aromatic N) is 2. The van der Waals surface area contributed by atoms with E-state index in [1.807, 2.05) is 12.4 Å². The minimum Gasteiger partial charge on any atom is -0.338 e. The molecular formula is C17H25N3. The topological polar surface area (TPSA) is 29.9 Å². The van der Waals surface area contributed by atoms with Crippen molar-refractivity contribution in [3.8, 4) is 0 Å². The van der Waals surface area contributed by atoms with E-state index in [4.69, 9.17) is 0 Å². The molecule has 0 fully saturated rings. The van der Waals surface area contributed by atoms with Crippen LogP contribution in [0.25, 0.3) is 0 Å². The van der Waals surface area contributed by atoms with Crippen molar-refractivity contribution in [2.45, 2.75) is 39.7 Å². The first-order valence-electron chi connectivity index (χ1n) is 7.35. The summed E-state index contributed by atoms with van der Waals surface area (Å²) in [7, 11) is 2.06. The summed E-state index contributed by atoms with van der Waals surface area (Å²) in [5.74, 6) is 1.14. The predicted molar refractivity (Wildman–Crippen MR) is 84.0 cm³/mol. The van der Waals surface area contributed by atoms with Crippen molar-refractivity contribution in [2.75, 3.05) is 6.54 Å². The summed E-state index contributed by atoms with van der Waals surface area (Å²) in [5, 5.41) is 3.58. The lowest BCUT2D eigenvalue weighted by Gasteiger charge is -2.18. The van der Waals surface area contributed by atoms with Gasteiger partial charge in [0.1, 0.15) is 5.82 Å². The van der Waals surface area contributed by atoms with Crippen molar-refractivity contribution < 1.29 is 0 Å². The molecular weight excluding hydrogens is 246 g/mol. The highest BCUT2D eigenvalue weighted by Gasteiger charge is 2.12. The van der Waals surface area contributed by atoms with E-state index in [-0.39, 0.29) is 0 Å². The number of imidazole rings is 1. The fourth-order valence-corrected chi connectivity index (χ4v) is 2.79. The molecule has 108 valence electrons. The highest BCUT2D eigenvalue weighted by Crippen LogP contribution is 2.13.